The summed E-state index contributed by atoms with van der Waals surface area (Å²) in [7, 11) is -3.88. The molecule has 0 unspecified atom stereocenters. The van der Waals surface area contributed by atoms with E-state index in [-0.39, 0.29) is 24.7 Å². The number of carbonyl (C=O) groups is 1. The third-order valence-electron chi connectivity index (χ3n) is 4.29. The third-order valence-corrected chi connectivity index (χ3v) is 5.53. The van der Waals surface area contributed by atoms with Gasteiger partial charge in [-0.05, 0) is 30.7 Å². The first-order chi connectivity index (χ1) is 13.7. The second kappa shape index (κ2) is 7.95. The molecule has 154 valence electrons. The van der Waals surface area contributed by atoms with E-state index in [9.17, 15) is 23.3 Å². The van der Waals surface area contributed by atoms with E-state index in [1.54, 1.807) is 18.2 Å². The lowest BCUT2D eigenvalue weighted by atomic mass is 10.2. The van der Waals surface area contributed by atoms with Gasteiger partial charge in [-0.3, -0.25) is 19.2 Å². The Hall–Kier alpha value is -3.34. The Morgan fingerprint density at radius 1 is 1.24 bits per heavy atom. The van der Waals surface area contributed by atoms with Gasteiger partial charge in [0.25, 0.3) is 5.69 Å². The van der Waals surface area contributed by atoms with Gasteiger partial charge >= 0.3 is 0 Å². The minimum atomic E-state index is -3.88. The van der Waals surface area contributed by atoms with Gasteiger partial charge in [0.1, 0.15) is 6.04 Å². The Labute approximate surface area is 167 Å². The number of ether oxygens (including phenoxy) is 2. The van der Waals surface area contributed by atoms with E-state index in [1.807, 2.05) is 0 Å². The summed E-state index contributed by atoms with van der Waals surface area (Å²) >= 11 is 0. The van der Waals surface area contributed by atoms with Crippen LogP contribution in [0.4, 0.5) is 11.4 Å². The molecule has 0 bridgehead atoms. The van der Waals surface area contributed by atoms with Crippen LogP contribution >= 0.6 is 0 Å². The lowest BCUT2D eigenvalue weighted by Crippen LogP contribution is -2.47. The minimum Gasteiger partial charge on any atom is -0.454 e. The molecule has 1 heterocycles. The van der Waals surface area contributed by atoms with Crippen molar-refractivity contribution in [3.63, 3.8) is 0 Å². The summed E-state index contributed by atoms with van der Waals surface area (Å²) in [5, 5.41) is 13.7. The Kier molecular flexibility index (Phi) is 5.59. The number of nitrogens with one attached hydrogen (secondary N) is 1. The van der Waals surface area contributed by atoms with Gasteiger partial charge in [0.05, 0.1) is 16.9 Å². The molecule has 1 aliphatic heterocycles. The molecular formula is C18H19N3O7S. The molecule has 3 rings (SSSR count). The molecule has 2 aromatic rings. The normalized spacial score (nSPS) is 13.6. The van der Waals surface area contributed by atoms with Crippen LogP contribution in [0.15, 0.2) is 42.5 Å². The maximum absolute atomic E-state index is 12.6. The van der Waals surface area contributed by atoms with Crippen LogP contribution in [-0.4, -0.2) is 38.3 Å². The van der Waals surface area contributed by atoms with Crippen molar-refractivity contribution in [2.24, 2.45) is 0 Å². The second-order valence-electron chi connectivity index (χ2n) is 6.42. The summed E-state index contributed by atoms with van der Waals surface area (Å²) in [6.07, 6.45) is 0.938. The number of nitro benzene ring substituents is 1. The lowest BCUT2D eigenvalue weighted by Gasteiger charge is -2.28. The first-order valence-electron chi connectivity index (χ1n) is 8.57. The van der Waals surface area contributed by atoms with Crippen molar-refractivity contribution in [1.82, 2.24) is 5.32 Å². The molecule has 10 nitrogen and oxygen atoms in total. The molecule has 0 aromatic heterocycles. The van der Waals surface area contributed by atoms with Crippen molar-refractivity contribution in [3.05, 3.63) is 58.1 Å². The highest BCUT2D eigenvalue weighted by atomic mass is 32.2. The van der Waals surface area contributed by atoms with Gasteiger partial charge in [-0.1, -0.05) is 12.1 Å². The number of nitro groups is 1. The van der Waals surface area contributed by atoms with Gasteiger partial charge in [0.15, 0.2) is 11.5 Å². The van der Waals surface area contributed by atoms with E-state index in [4.69, 9.17) is 9.47 Å². The fourth-order valence-corrected chi connectivity index (χ4v) is 4.11. The fraction of sp³-hybridized carbons (Fsp3) is 0.278. The number of hydrogen-bond donors (Lipinski definition) is 1. The van der Waals surface area contributed by atoms with Crippen LogP contribution in [0.3, 0.4) is 0 Å². The number of non-ortho nitro benzene ring substituents is 1. The van der Waals surface area contributed by atoms with E-state index >= 15 is 0 Å². The molecule has 0 saturated carbocycles. The van der Waals surface area contributed by atoms with Crippen LogP contribution in [0.2, 0.25) is 0 Å². The van der Waals surface area contributed by atoms with Crippen molar-refractivity contribution in [1.29, 1.82) is 0 Å². The largest absolute Gasteiger partial charge is 0.454 e. The number of amides is 1. The van der Waals surface area contributed by atoms with Gasteiger partial charge in [0, 0.05) is 18.7 Å². The zero-order chi connectivity index (χ0) is 21.2. The van der Waals surface area contributed by atoms with E-state index < -0.39 is 26.9 Å². The van der Waals surface area contributed by atoms with Crippen LogP contribution in [0, 0.1) is 10.1 Å². The van der Waals surface area contributed by atoms with Crippen molar-refractivity contribution < 1.29 is 27.6 Å². The SMILES string of the molecule is C[C@H](C(=O)NCc1ccc2c(c1)OCO2)N(c1cccc([N+](=O)[O-])c1)S(C)(=O)=O. The third kappa shape index (κ3) is 4.57. The second-order valence-corrected chi connectivity index (χ2v) is 8.28. The predicted octanol–water partition coefficient (Wildman–Crippen LogP) is 1.79. The maximum atomic E-state index is 12.6. The molecule has 1 aliphatic rings. The summed E-state index contributed by atoms with van der Waals surface area (Å²) in [5.74, 6) is 0.626. The van der Waals surface area contributed by atoms with Gasteiger partial charge in [0.2, 0.25) is 22.7 Å². The minimum absolute atomic E-state index is 0.0347. The van der Waals surface area contributed by atoms with E-state index in [0.717, 1.165) is 22.2 Å². The predicted molar refractivity (Wildman–Crippen MR) is 104 cm³/mol. The Bertz CT molecular complexity index is 1060. The molecule has 0 saturated heterocycles. The van der Waals surface area contributed by atoms with Gasteiger partial charge < -0.3 is 14.8 Å². The highest BCUT2D eigenvalue weighted by Crippen LogP contribution is 2.32. The highest BCUT2D eigenvalue weighted by molar-refractivity contribution is 7.92. The fourth-order valence-electron chi connectivity index (χ4n) is 2.94. The average molecular weight is 421 g/mol. The summed E-state index contributed by atoms with van der Waals surface area (Å²) in [5.41, 5.74) is 0.507. The first kappa shape index (κ1) is 20.4. The number of carbonyl (C=O) groups excluding carboxylic acids is 1. The maximum Gasteiger partial charge on any atom is 0.271 e. The Morgan fingerprint density at radius 3 is 2.66 bits per heavy atom. The number of benzene rings is 2. The number of nitrogens with zero attached hydrogens (tertiary/aromatic N) is 2. The molecule has 1 atom stereocenters. The quantitative estimate of drug-likeness (QED) is 0.533. The number of anilines is 1. The van der Waals surface area contributed by atoms with E-state index in [0.29, 0.717) is 11.5 Å². The first-order valence-corrected chi connectivity index (χ1v) is 10.4. The average Bonchev–Trinajstić information content (AvgIpc) is 3.13. The Balaban J connectivity index is 1.77. The number of rotatable bonds is 7. The van der Waals surface area contributed by atoms with Gasteiger partial charge in [-0.25, -0.2) is 8.42 Å². The van der Waals surface area contributed by atoms with Crippen molar-refractivity contribution in [3.8, 4) is 11.5 Å². The number of hydrogen-bond acceptors (Lipinski definition) is 7. The standard InChI is InChI=1S/C18H19N3O7S/c1-12(18(22)19-10-13-6-7-16-17(8-13)28-11-27-16)20(29(2,25)26)14-4-3-5-15(9-14)21(23)24/h3-9,12H,10-11H2,1-2H3,(H,19,22)/t12-/m1/s1. The molecule has 29 heavy (non-hydrogen) atoms. The van der Waals surface area contributed by atoms with Crippen molar-refractivity contribution in [2.75, 3.05) is 17.4 Å². The summed E-state index contributed by atoms with van der Waals surface area (Å²) in [6.45, 7) is 1.69. The monoisotopic (exact) mass is 421 g/mol. The molecule has 2 aromatic carbocycles. The smallest absolute Gasteiger partial charge is 0.271 e. The molecule has 0 aliphatic carbocycles. The molecular weight excluding hydrogens is 402 g/mol. The molecule has 11 heteroatoms. The zero-order valence-corrected chi connectivity index (χ0v) is 16.5. The number of sulfonamides is 1. The van der Waals surface area contributed by atoms with Gasteiger partial charge in [-0.15, -0.1) is 0 Å². The summed E-state index contributed by atoms with van der Waals surface area (Å²) in [4.78, 5) is 23.0. The highest BCUT2D eigenvalue weighted by Gasteiger charge is 2.30. The van der Waals surface area contributed by atoms with Crippen LogP contribution in [0.5, 0.6) is 11.5 Å². The molecule has 1 amide bonds. The van der Waals surface area contributed by atoms with Gasteiger partial charge in [-0.2, -0.15) is 0 Å². The van der Waals surface area contributed by atoms with E-state index in [1.165, 1.54) is 25.1 Å². The molecule has 0 spiro atoms. The van der Waals surface area contributed by atoms with Crippen LogP contribution in [0.1, 0.15) is 12.5 Å². The topological polar surface area (TPSA) is 128 Å². The van der Waals surface area contributed by atoms with Crippen LogP contribution in [-0.2, 0) is 21.4 Å². The molecule has 0 fully saturated rings. The van der Waals surface area contributed by atoms with Crippen molar-refractivity contribution in [2.45, 2.75) is 19.5 Å². The molecule has 1 N–H and O–H groups in total. The summed E-state index contributed by atoms with van der Waals surface area (Å²) < 4.78 is 36.0. The molecule has 0 radical (unpaired) electrons. The van der Waals surface area contributed by atoms with Crippen LogP contribution in [0.25, 0.3) is 0 Å². The summed E-state index contributed by atoms with van der Waals surface area (Å²) in [6, 6.07) is 9.20. The number of fused-ring (bicyclic) bond motifs is 1. The lowest BCUT2D eigenvalue weighted by molar-refractivity contribution is -0.384. The zero-order valence-electron chi connectivity index (χ0n) is 15.7. The van der Waals surface area contributed by atoms with Crippen molar-refractivity contribution >= 4 is 27.3 Å². The van der Waals surface area contributed by atoms with Crippen LogP contribution < -0.4 is 19.1 Å². The Morgan fingerprint density at radius 2 is 1.97 bits per heavy atom. The van der Waals surface area contributed by atoms with E-state index in [2.05, 4.69) is 5.32 Å².